The number of morpholine rings is 1. The van der Waals surface area contributed by atoms with E-state index in [4.69, 9.17) is 19.3 Å². The van der Waals surface area contributed by atoms with Gasteiger partial charge < -0.3 is 24.2 Å². The summed E-state index contributed by atoms with van der Waals surface area (Å²) in [6.45, 7) is 1.75. The number of hydrogen-bond donors (Lipinski definition) is 1. The van der Waals surface area contributed by atoms with Gasteiger partial charge in [-0.15, -0.1) is 0 Å². The van der Waals surface area contributed by atoms with E-state index in [1.54, 1.807) is 12.1 Å². The van der Waals surface area contributed by atoms with Gasteiger partial charge >= 0.3 is 5.97 Å². The lowest BCUT2D eigenvalue weighted by molar-refractivity contribution is -0.159. The molecule has 0 radical (unpaired) electrons. The van der Waals surface area contributed by atoms with Gasteiger partial charge in [-0.3, -0.25) is 4.79 Å². The Morgan fingerprint density at radius 1 is 1.18 bits per heavy atom. The zero-order valence-electron chi connectivity index (χ0n) is 12.0. The van der Waals surface area contributed by atoms with E-state index < -0.39 is 12.1 Å². The summed E-state index contributed by atoms with van der Waals surface area (Å²) >= 11 is 0. The predicted molar refractivity (Wildman–Crippen MR) is 75.1 cm³/mol. The molecule has 0 bridgehead atoms. The Balaban J connectivity index is 1.65. The Kier molecular flexibility index (Phi) is 4.15. The second-order valence-electron chi connectivity index (χ2n) is 5.19. The second-order valence-corrected chi connectivity index (χ2v) is 5.19. The molecular formula is C15H17NO6. The minimum atomic E-state index is -1.04. The fourth-order valence-electron chi connectivity index (χ4n) is 2.51. The SMILES string of the molecule is O=C(O)[C@@H]1CN(C(=O)Cc2ccc3c(c2)OCCO3)CCO1. The van der Waals surface area contributed by atoms with Gasteiger partial charge in [0, 0.05) is 6.54 Å². The molecule has 0 unspecified atom stereocenters. The number of amides is 1. The molecule has 2 aliphatic heterocycles. The highest BCUT2D eigenvalue weighted by atomic mass is 16.6. The molecule has 0 saturated carbocycles. The molecule has 2 heterocycles. The third-order valence-electron chi connectivity index (χ3n) is 3.66. The van der Waals surface area contributed by atoms with Crippen LogP contribution in [0.25, 0.3) is 0 Å². The predicted octanol–water partition coefficient (Wildman–Crippen LogP) is 0.312. The van der Waals surface area contributed by atoms with Gasteiger partial charge in [0.2, 0.25) is 5.91 Å². The first-order chi connectivity index (χ1) is 10.6. The van der Waals surface area contributed by atoms with Crippen molar-refractivity contribution in [1.82, 2.24) is 4.90 Å². The third kappa shape index (κ3) is 3.14. The third-order valence-corrected chi connectivity index (χ3v) is 3.66. The molecule has 7 heteroatoms. The number of carboxylic acids is 1. The van der Waals surface area contributed by atoms with Crippen LogP contribution in [0.2, 0.25) is 0 Å². The van der Waals surface area contributed by atoms with E-state index in [1.807, 2.05) is 6.07 Å². The van der Waals surface area contributed by atoms with Crippen molar-refractivity contribution in [3.05, 3.63) is 23.8 Å². The minimum absolute atomic E-state index is 0.0821. The van der Waals surface area contributed by atoms with E-state index in [0.29, 0.717) is 31.3 Å². The lowest BCUT2D eigenvalue weighted by Gasteiger charge is -2.31. The number of aliphatic carboxylic acids is 1. The van der Waals surface area contributed by atoms with E-state index >= 15 is 0 Å². The van der Waals surface area contributed by atoms with E-state index in [9.17, 15) is 9.59 Å². The van der Waals surface area contributed by atoms with Crippen LogP contribution in [-0.2, 0) is 20.7 Å². The summed E-state index contributed by atoms with van der Waals surface area (Å²) in [5.74, 6) is 0.157. The number of rotatable bonds is 3. The Labute approximate surface area is 127 Å². The number of benzene rings is 1. The summed E-state index contributed by atoms with van der Waals surface area (Å²) < 4.78 is 16.0. The summed E-state index contributed by atoms with van der Waals surface area (Å²) in [5, 5.41) is 8.97. The number of carbonyl (C=O) groups excluding carboxylic acids is 1. The van der Waals surface area contributed by atoms with E-state index in [1.165, 1.54) is 4.90 Å². The summed E-state index contributed by atoms with van der Waals surface area (Å²) in [7, 11) is 0. The Bertz CT molecular complexity index is 587. The van der Waals surface area contributed by atoms with Gasteiger partial charge in [0.25, 0.3) is 0 Å². The van der Waals surface area contributed by atoms with E-state index in [-0.39, 0.29) is 25.5 Å². The topological polar surface area (TPSA) is 85.3 Å². The molecule has 1 saturated heterocycles. The van der Waals surface area contributed by atoms with Crippen molar-refractivity contribution in [3.63, 3.8) is 0 Å². The van der Waals surface area contributed by atoms with Gasteiger partial charge in [-0.2, -0.15) is 0 Å². The summed E-state index contributed by atoms with van der Waals surface area (Å²) in [4.78, 5) is 24.8. The summed E-state index contributed by atoms with van der Waals surface area (Å²) in [6, 6.07) is 5.40. The highest BCUT2D eigenvalue weighted by Gasteiger charge is 2.29. The van der Waals surface area contributed by atoms with Crippen LogP contribution in [0.15, 0.2) is 18.2 Å². The summed E-state index contributed by atoms with van der Waals surface area (Å²) in [6.07, 6.45) is -0.749. The average molecular weight is 307 g/mol. The number of nitrogens with zero attached hydrogens (tertiary/aromatic N) is 1. The first-order valence-corrected chi connectivity index (χ1v) is 7.14. The maximum Gasteiger partial charge on any atom is 0.334 e. The quantitative estimate of drug-likeness (QED) is 0.865. The molecular weight excluding hydrogens is 290 g/mol. The van der Waals surface area contributed by atoms with Crippen LogP contribution in [0.4, 0.5) is 0 Å². The monoisotopic (exact) mass is 307 g/mol. The van der Waals surface area contributed by atoms with Gasteiger partial charge in [-0.05, 0) is 17.7 Å². The van der Waals surface area contributed by atoms with Crippen molar-refractivity contribution < 1.29 is 28.9 Å². The van der Waals surface area contributed by atoms with Crippen LogP contribution in [0.5, 0.6) is 11.5 Å². The second kappa shape index (κ2) is 6.23. The van der Waals surface area contributed by atoms with Crippen molar-refractivity contribution in [1.29, 1.82) is 0 Å². The van der Waals surface area contributed by atoms with Crippen LogP contribution in [-0.4, -0.2) is 60.9 Å². The lowest BCUT2D eigenvalue weighted by atomic mass is 10.1. The van der Waals surface area contributed by atoms with Crippen molar-refractivity contribution in [2.75, 3.05) is 32.9 Å². The standard InChI is InChI=1S/C15H17NO6/c17-14(16-3-4-20-13(9-16)15(18)19)8-10-1-2-11-12(7-10)22-6-5-21-11/h1-2,7,13H,3-6,8-9H2,(H,18,19)/t13-/m0/s1. The number of ether oxygens (including phenoxy) is 3. The first-order valence-electron chi connectivity index (χ1n) is 7.14. The molecule has 22 heavy (non-hydrogen) atoms. The van der Waals surface area contributed by atoms with E-state index in [2.05, 4.69) is 0 Å². The maximum atomic E-state index is 12.3. The maximum absolute atomic E-state index is 12.3. The fourth-order valence-corrected chi connectivity index (χ4v) is 2.51. The smallest absolute Gasteiger partial charge is 0.334 e. The van der Waals surface area contributed by atoms with Crippen molar-refractivity contribution >= 4 is 11.9 Å². The molecule has 0 aliphatic carbocycles. The Morgan fingerprint density at radius 2 is 1.95 bits per heavy atom. The highest BCUT2D eigenvalue weighted by molar-refractivity contribution is 5.80. The minimum Gasteiger partial charge on any atom is -0.486 e. The normalized spacial score (nSPS) is 20.5. The van der Waals surface area contributed by atoms with Crippen molar-refractivity contribution in [3.8, 4) is 11.5 Å². The summed E-state index contributed by atoms with van der Waals surface area (Å²) in [5.41, 5.74) is 0.813. The van der Waals surface area contributed by atoms with Crippen LogP contribution in [0.1, 0.15) is 5.56 Å². The van der Waals surface area contributed by atoms with Gasteiger partial charge in [0.05, 0.1) is 19.6 Å². The highest BCUT2D eigenvalue weighted by Crippen LogP contribution is 2.31. The molecule has 1 amide bonds. The lowest BCUT2D eigenvalue weighted by Crippen LogP contribution is -2.49. The molecule has 1 N–H and O–H groups in total. The molecule has 1 aromatic carbocycles. The molecule has 1 fully saturated rings. The zero-order valence-corrected chi connectivity index (χ0v) is 12.0. The molecule has 2 aliphatic rings. The number of fused-ring (bicyclic) bond motifs is 1. The Hall–Kier alpha value is -2.28. The number of carbonyl (C=O) groups is 2. The fraction of sp³-hybridized carbons (Fsp3) is 0.467. The molecule has 118 valence electrons. The van der Waals surface area contributed by atoms with Crippen LogP contribution >= 0.6 is 0 Å². The van der Waals surface area contributed by atoms with Crippen LogP contribution in [0.3, 0.4) is 0 Å². The van der Waals surface area contributed by atoms with Gasteiger partial charge in [0.15, 0.2) is 17.6 Å². The van der Waals surface area contributed by atoms with Gasteiger partial charge in [0.1, 0.15) is 13.2 Å². The zero-order chi connectivity index (χ0) is 15.5. The number of hydrogen-bond acceptors (Lipinski definition) is 5. The Morgan fingerprint density at radius 3 is 2.73 bits per heavy atom. The van der Waals surface area contributed by atoms with Gasteiger partial charge in [-0.25, -0.2) is 4.79 Å². The molecule has 3 rings (SSSR count). The van der Waals surface area contributed by atoms with E-state index in [0.717, 1.165) is 5.56 Å². The van der Waals surface area contributed by atoms with Gasteiger partial charge in [-0.1, -0.05) is 6.07 Å². The largest absolute Gasteiger partial charge is 0.486 e. The number of carboxylic acid groups (broad SMARTS) is 1. The molecule has 0 spiro atoms. The van der Waals surface area contributed by atoms with Crippen LogP contribution in [0, 0.1) is 0 Å². The van der Waals surface area contributed by atoms with Crippen molar-refractivity contribution in [2.24, 2.45) is 0 Å². The molecule has 7 nitrogen and oxygen atoms in total. The first kappa shape index (κ1) is 14.6. The molecule has 0 aromatic heterocycles. The van der Waals surface area contributed by atoms with Crippen LogP contribution < -0.4 is 9.47 Å². The van der Waals surface area contributed by atoms with Crippen molar-refractivity contribution in [2.45, 2.75) is 12.5 Å². The average Bonchev–Trinajstić information content (AvgIpc) is 2.55. The molecule has 1 atom stereocenters. The molecule has 1 aromatic rings.